The van der Waals surface area contributed by atoms with Gasteiger partial charge in [-0.3, -0.25) is 0 Å². The maximum Gasteiger partial charge on any atom is 0.219 e. The molecule has 0 aliphatic rings. The van der Waals surface area contributed by atoms with E-state index in [1.54, 1.807) is 6.20 Å². The third kappa shape index (κ3) is 4.57. The van der Waals surface area contributed by atoms with Gasteiger partial charge < -0.3 is 10.1 Å². The Morgan fingerprint density at radius 1 is 1.19 bits per heavy atom. The summed E-state index contributed by atoms with van der Waals surface area (Å²) in [6, 6.07) is 10.1. The van der Waals surface area contributed by atoms with Gasteiger partial charge in [0.2, 0.25) is 5.88 Å². The predicted molar refractivity (Wildman–Crippen MR) is 86.8 cm³/mol. The fourth-order valence-electron chi connectivity index (χ4n) is 2.07. The number of pyridine rings is 1. The minimum atomic E-state index is 0.646. The van der Waals surface area contributed by atoms with Crippen molar-refractivity contribution in [2.75, 3.05) is 6.54 Å². The Hall–Kier alpha value is -1.87. The molecule has 0 saturated carbocycles. The molecule has 0 saturated heterocycles. The molecule has 2 rings (SSSR count). The van der Waals surface area contributed by atoms with Crippen LogP contribution in [0.25, 0.3) is 0 Å². The Labute approximate surface area is 127 Å². The highest BCUT2D eigenvalue weighted by Gasteiger charge is 2.05. The molecular weight excluding hydrogens is 260 g/mol. The summed E-state index contributed by atoms with van der Waals surface area (Å²) in [6.07, 6.45) is 1.80. The number of ether oxygens (including phenoxy) is 1. The van der Waals surface area contributed by atoms with Crippen molar-refractivity contribution in [1.82, 2.24) is 10.3 Å². The van der Waals surface area contributed by atoms with Crippen LogP contribution in [0.2, 0.25) is 0 Å². The summed E-state index contributed by atoms with van der Waals surface area (Å²) in [4.78, 5) is 4.30. The first-order chi connectivity index (χ1) is 10.1. The Bertz CT molecular complexity index is 594. The van der Waals surface area contributed by atoms with E-state index < -0.39 is 0 Å². The van der Waals surface area contributed by atoms with Gasteiger partial charge in [0.25, 0.3) is 0 Å². The molecule has 2 aromatic rings. The van der Waals surface area contributed by atoms with Crippen LogP contribution in [0.5, 0.6) is 11.6 Å². The van der Waals surface area contributed by atoms with Crippen LogP contribution in [0.1, 0.15) is 30.5 Å². The lowest BCUT2D eigenvalue weighted by Crippen LogP contribution is -2.18. The van der Waals surface area contributed by atoms with E-state index in [1.165, 1.54) is 11.1 Å². The zero-order valence-electron chi connectivity index (χ0n) is 13.3. The van der Waals surface area contributed by atoms with Gasteiger partial charge in [0.1, 0.15) is 5.75 Å². The number of aryl methyl sites for hydroxylation is 1. The number of benzene rings is 1. The van der Waals surface area contributed by atoms with Crippen molar-refractivity contribution in [1.29, 1.82) is 0 Å². The van der Waals surface area contributed by atoms with Crippen LogP contribution < -0.4 is 10.1 Å². The molecule has 0 amide bonds. The SMILES string of the molecule is Cc1cccc(Oc2cc(CNCC(C)C)ccn2)c1C. The topological polar surface area (TPSA) is 34.1 Å². The molecule has 0 unspecified atom stereocenters. The number of nitrogens with zero attached hydrogens (tertiary/aromatic N) is 1. The second-order valence-corrected chi connectivity index (χ2v) is 5.83. The average molecular weight is 284 g/mol. The van der Waals surface area contributed by atoms with E-state index in [-0.39, 0.29) is 0 Å². The van der Waals surface area contributed by atoms with E-state index in [0.29, 0.717) is 11.8 Å². The highest BCUT2D eigenvalue weighted by molar-refractivity contribution is 5.40. The standard InChI is InChI=1S/C18H24N2O/c1-13(2)11-19-12-16-8-9-20-18(10-16)21-17-7-5-6-14(3)15(17)4/h5-10,13,19H,11-12H2,1-4H3. The molecule has 3 nitrogen and oxygen atoms in total. The van der Waals surface area contributed by atoms with Crippen LogP contribution in [0.3, 0.4) is 0 Å². The first-order valence-corrected chi connectivity index (χ1v) is 7.46. The Kier molecular flexibility index (Phi) is 5.34. The van der Waals surface area contributed by atoms with Gasteiger partial charge in [-0.1, -0.05) is 26.0 Å². The number of rotatable bonds is 6. The van der Waals surface area contributed by atoms with Gasteiger partial charge in [0.05, 0.1) is 0 Å². The van der Waals surface area contributed by atoms with Gasteiger partial charge in [0, 0.05) is 18.8 Å². The van der Waals surface area contributed by atoms with E-state index >= 15 is 0 Å². The van der Waals surface area contributed by atoms with E-state index in [0.717, 1.165) is 24.4 Å². The zero-order chi connectivity index (χ0) is 15.2. The van der Waals surface area contributed by atoms with Gasteiger partial charge in [0.15, 0.2) is 0 Å². The number of hydrogen-bond acceptors (Lipinski definition) is 3. The summed E-state index contributed by atoms with van der Waals surface area (Å²) in [6.45, 7) is 10.4. The Morgan fingerprint density at radius 2 is 2.00 bits per heavy atom. The minimum Gasteiger partial charge on any atom is -0.439 e. The molecular formula is C18H24N2O. The van der Waals surface area contributed by atoms with Crippen molar-refractivity contribution in [2.45, 2.75) is 34.2 Å². The first-order valence-electron chi connectivity index (χ1n) is 7.46. The van der Waals surface area contributed by atoms with Crippen molar-refractivity contribution in [3.8, 4) is 11.6 Å². The first kappa shape index (κ1) is 15.5. The quantitative estimate of drug-likeness (QED) is 0.861. The van der Waals surface area contributed by atoms with Crippen molar-refractivity contribution >= 4 is 0 Å². The lowest BCUT2D eigenvalue weighted by atomic mass is 10.1. The van der Waals surface area contributed by atoms with Crippen molar-refractivity contribution in [3.63, 3.8) is 0 Å². The lowest BCUT2D eigenvalue weighted by Gasteiger charge is -2.11. The summed E-state index contributed by atoms with van der Waals surface area (Å²) in [7, 11) is 0. The highest BCUT2D eigenvalue weighted by atomic mass is 16.5. The molecule has 0 radical (unpaired) electrons. The number of hydrogen-bond donors (Lipinski definition) is 1. The molecule has 112 valence electrons. The predicted octanol–water partition coefficient (Wildman–Crippen LogP) is 4.24. The third-order valence-electron chi connectivity index (χ3n) is 3.45. The summed E-state index contributed by atoms with van der Waals surface area (Å²) in [5.74, 6) is 2.17. The zero-order valence-corrected chi connectivity index (χ0v) is 13.3. The minimum absolute atomic E-state index is 0.646. The van der Waals surface area contributed by atoms with E-state index in [9.17, 15) is 0 Å². The van der Waals surface area contributed by atoms with Gasteiger partial charge in [-0.15, -0.1) is 0 Å². The second kappa shape index (κ2) is 7.23. The van der Waals surface area contributed by atoms with Gasteiger partial charge in [-0.2, -0.15) is 0 Å². The molecule has 0 aliphatic heterocycles. The van der Waals surface area contributed by atoms with Crippen LogP contribution >= 0.6 is 0 Å². The second-order valence-electron chi connectivity index (χ2n) is 5.83. The molecule has 3 heteroatoms. The normalized spacial score (nSPS) is 10.9. The van der Waals surface area contributed by atoms with Crippen LogP contribution in [0, 0.1) is 19.8 Å². The monoisotopic (exact) mass is 284 g/mol. The summed E-state index contributed by atoms with van der Waals surface area (Å²) < 4.78 is 5.92. The smallest absolute Gasteiger partial charge is 0.219 e. The van der Waals surface area contributed by atoms with Crippen molar-refractivity contribution in [2.24, 2.45) is 5.92 Å². The van der Waals surface area contributed by atoms with E-state index in [1.807, 2.05) is 24.3 Å². The summed E-state index contributed by atoms with van der Waals surface area (Å²) in [5, 5.41) is 3.43. The summed E-state index contributed by atoms with van der Waals surface area (Å²) >= 11 is 0. The third-order valence-corrected chi connectivity index (χ3v) is 3.45. The molecule has 0 spiro atoms. The fraction of sp³-hybridized carbons (Fsp3) is 0.389. The molecule has 1 aromatic carbocycles. The Morgan fingerprint density at radius 3 is 2.76 bits per heavy atom. The van der Waals surface area contributed by atoms with Crippen LogP contribution in [0.4, 0.5) is 0 Å². The van der Waals surface area contributed by atoms with Gasteiger partial charge in [-0.25, -0.2) is 4.98 Å². The van der Waals surface area contributed by atoms with Crippen LogP contribution in [-0.2, 0) is 6.54 Å². The van der Waals surface area contributed by atoms with Crippen LogP contribution in [-0.4, -0.2) is 11.5 Å². The highest BCUT2D eigenvalue weighted by Crippen LogP contribution is 2.25. The van der Waals surface area contributed by atoms with E-state index in [4.69, 9.17) is 4.74 Å². The average Bonchev–Trinajstić information content (AvgIpc) is 2.44. The van der Waals surface area contributed by atoms with Gasteiger partial charge >= 0.3 is 0 Å². The van der Waals surface area contributed by atoms with E-state index in [2.05, 4.69) is 44.1 Å². The molecule has 1 N–H and O–H groups in total. The number of nitrogens with one attached hydrogen (secondary N) is 1. The maximum atomic E-state index is 5.92. The maximum absolute atomic E-state index is 5.92. The molecule has 0 bridgehead atoms. The molecule has 1 aromatic heterocycles. The molecule has 0 fully saturated rings. The van der Waals surface area contributed by atoms with Gasteiger partial charge in [-0.05, 0) is 55.1 Å². The number of aromatic nitrogens is 1. The molecule has 0 aliphatic carbocycles. The van der Waals surface area contributed by atoms with Crippen molar-refractivity contribution in [3.05, 3.63) is 53.2 Å². The largest absolute Gasteiger partial charge is 0.439 e. The van der Waals surface area contributed by atoms with Crippen LogP contribution in [0.15, 0.2) is 36.5 Å². The molecule has 0 atom stereocenters. The Balaban J connectivity index is 2.05. The summed E-state index contributed by atoms with van der Waals surface area (Å²) in [5.41, 5.74) is 3.57. The fourth-order valence-corrected chi connectivity index (χ4v) is 2.07. The molecule has 21 heavy (non-hydrogen) atoms. The lowest BCUT2D eigenvalue weighted by molar-refractivity contribution is 0.457. The van der Waals surface area contributed by atoms with Crippen molar-refractivity contribution < 1.29 is 4.74 Å². The molecule has 1 heterocycles.